The molecule has 1 aliphatic rings. The maximum absolute atomic E-state index is 12.1. The standard InChI is InChI=1S/C13H14F3NO2S/c1-2-10-5-3-4-6-11(10)12(9-17)20(18,19)8-7-13(14,15)16/h1,4,6,10-12H,3,5,7-8H2. The van der Waals surface area contributed by atoms with E-state index in [1.165, 1.54) is 6.08 Å². The number of rotatable bonds is 4. The molecule has 3 unspecified atom stereocenters. The van der Waals surface area contributed by atoms with E-state index in [4.69, 9.17) is 11.7 Å². The predicted octanol–water partition coefficient (Wildman–Crippen LogP) is 2.46. The maximum Gasteiger partial charge on any atom is 0.390 e. The Morgan fingerprint density at radius 1 is 1.45 bits per heavy atom. The van der Waals surface area contributed by atoms with E-state index >= 15 is 0 Å². The van der Waals surface area contributed by atoms with Crippen LogP contribution in [0.2, 0.25) is 0 Å². The molecule has 0 amide bonds. The van der Waals surface area contributed by atoms with E-state index in [1.54, 1.807) is 12.1 Å². The Labute approximate surface area is 116 Å². The van der Waals surface area contributed by atoms with Crippen LogP contribution in [0.4, 0.5) is 13.2 Å². The van der Waals surface area contributed by atoms with Gasteiger partial charge in [0.15, 0.2) is 15.1 Å². The van der Waals surface area contributed by atoms with Crippen LogP contribution in [0.1, 0.15) is 19.3 Å². The molecule has 1 rings (SSSR count). The lowest BCUT2D eigenvalue weighted by atomic mass is 9.82. The summed E-state index contributed by atoms with van der Waals surface area (Å²) in [6, 6.07) is 1.61. The van der Waals surface area contributed by atoms with Gasteiger partial charge in [0.05, 0.1) is 18.2 Å². The third kappa shape index (κ3) is 4.28. The van der Waals surface area contributed by atoms with Crippen LogP contribution in [0.15, 0.2) is 12.2 Å². The molecule has 0 aromatic heterocycles. The molecule has 0 radical (unpaired) electrons. The van der Waals surface area contributed by atoms with Gasteiger partial charge in [-0.25, -0.2) is 8.42 Å². The van der Waals surface area contributed by atoms with Gasteiger partial charge in [-0.15, -0.1) is 12.3 Å². The van der Waals surface area contributed by atoms with Crippen molar-refractivity contribution in [3.05, 3.63) is 12.2 Å². The van der Waals surface area contributed by atoms with Crippen LogP contribution >= 0.6 is 0 Å². The third-order valence-electron chi connectivity index (χ3n) is 3.22. The van der Waals surface area contributed by atoms with E-state index in [0.717, 1.165) is 0 Å². The predicted molar refractivity (Wildman–Crippen MR) is 68.0 cm³/mol. The summed E-state index contributed by atoms with van der Waals surface area (Å²) < 4.78 is 60.3. The molecule has 3 atom stereocenters. The van der Waals surface area contributed by atoms with Crippen LogP contribution in [-0.4, -0.2) is 25.6 Å². The number of alkyl halides is 3. The highest BCUT2D eigenvalue weighted by Gasteiger charge is 2.39. The number of nitriles is 1. The quantitative estimate of drug-likeness (QED) is 0.592. The van der Waals surface area contributed by atoms with E-state index < -0.39 is 45.3 Å². The normalized spacial score (nSPS) is 24.6. The lowest BCUT2D eigenvalue weighted by Crippen LogP contribution is -2.35. The summed E-state index contributed by atoms with van der Waals surface area (Å²) in [6.07, 6.45) is 3.73. The van der Waals surface area contributed by atoms with Crippen molar-refractivity contribution >= 4 is 9.84 Å². The van der Waals surface area contributed by atoms with Gasteiger partial charge in [0, 0.05) is 11.8 Å². The summed E-state index contributed by atoms with van der Waals surface area (Å²) in [5.74, 6) is 0.159. The smallest absolute Gasteiger partial charge is 0.227 e. The summed E-state index contributed by atoms with van der Waals surface area (Å²) in [7, 11) is -4.18. The zero-order valence-electron chi connectivity index (χ0n) is 10.6. The van der Waals surface area contributed by atoms with Gasteiger partial charge in [0.2, 0.25) is 0 Å². The fourth-order valence-corrected chi connectivity index (χ4v) is 3.84. The second-order valence-electron chi connectivity index (χ2n) is 4.64. The first kappa shape index (κ1) is 16.6. The monoisotopic (exact) mass is 305 g/mol. The average molecular weight is 305 g/mol. The average Bonchev–Trinajstić information content (AvgIpc) is 2.37. The number of allylic oxidation sites excluding steroid dienone is 2. The highest BCUT2D eigenvalue weighted by molar-refractivity contribution is 7.92. The SMILES string of the molecule is C#CC1CCC=CC1C(C#N)S(=O)(=O)CCC(F)(F)F. The van der Waals surface area contributed by atoms with Crippen molar-refractivity contribution in [3.63, 3.8) is 0 Å². The van der Waals surface area contributed by atoms with Crippen LogP contribution in [0.3, 0.4) is 0 Å². The first-order chi connectivity index (χ1) is 9.21. The molecule has 110 valence electrons. The Morgan fingerprint density at radius 2 is 2.10 bits per heavy atom. The highest BCUT2D eigenvalue weighted by Crippen LogP contribution is 2.31. The summed E-state index contributed by atoms with van der Waals surface area (Å²) >= 11 is 0. The Hall–Kier alpha value is -1.47. The fourth-order valence-electron chi connectivity index (χ4n) is 2.15. The van der Waals surface area contributed by atoms with E-state index in [0.29, 0.717) is 12.8 Å². The molecule has 0 saturated heterocycles. The van der Waals surface area contributed by atoms with Gasteiger partial charge < -0.3 is 0 Å². The van der Waals surface area contributed by atoms with E-state index in [9.17, 15) is 21.6 Å². The fraction of sp³-hybridized carbons (Fsp3) is 0.615. The maximum atomic E-state index is 12.1. The van der Waals surface area contributed by atoms with E-state index in [-0.39, 0.29) is 0 Å². The topological polar surface area (TPSA) is 57.9 Å². The number of hydrogen-bond acceptors (Lipinski definition) is 3. The van der Waals surface area contributed by atoms with Crippen molar-refractivity contribution in [3.8, 4) is 18.4 Å². The summed E-state index contributed by atoms with van der Waals surface area (Å²) in [5, 5.41) is 7.52. The van der Waals surface area contributed by atoms with Crippen molar-refractivity contribution in [1.29, 1.82) is 5.26 Å². The van der Waals surface area contributed by atoms with Crippen molar-refractivity contribution < 1.29 is 21.6 Å². The van der Waals surface area contributed by atoms with Gasteiger partial charge in [-0.1, -0.05) is 12.2 Å². The molecule has 0 aromatic carbocycles. The molecule has 3 nitrogen and oxygen atoms in total. The van der Waals surface area contributed by atoms with Crippen LogP contribution < -0.4 is 0 Å². The van der Waals surface area contributed by atoms with Gasteiger partial charge in [-0.3, -0.25) is 0 Å². The van der Waals surface area contributed by atoms with Crippen molar-refractivity contribution in [2.24, 2.45) is 11.8 Å². The number of hydrogen-bond donors (Lipinski definition) is 0. The number of sulfone groups is 1. The Bertz CT molecular complexity index is 552. The minimum Gasteiger partial charge on any atom is -0.227 e. The zero-order chi connectivity index (χ0) is 15.4. The largest absolute Gasteiger partial charge is 0.390 e. The van der Waals surface area contributed by atoms with Gasteiger partial charge >= 0.3 is 6.18 Å². The molecule has 0 heterocycles. The second-order valence-corrected chi connectivity index (χ2v) is 6.88. The molecule has 0 bridgehead atoms. The minimum atomic E-state index is -4.57. The van der Waals surface area contributed by atoms with Gasteiger partial charge in [0.25, 0.3) is 0 Å². The number of terminal acetylenes is 1. The van der Waals surface area contributed by atoms with Crippen LogP contribution in [0.25, 0.3) is 0 Å². The first-order valence-electron chi connectivity index (χ1n) is 6.02. The molecular formula is C13H14F3NO2S. The van der Waals surface area contributed by atoms with Crippen molar-refractivity contribution in [2.75, 3.05) is 5.75 Å². The Kier molecular flexibility index (Phi) is 5.24. The van der Waals surface area contributed by atoms with Crippen molar-refractivity contribution in [1.82, 2.24) is 0 Å². The molecule has 0 aromatic rings. The molecule has 0 N–H and O–H groups in total. The molecule has 0 saturated carbocycles. The molecule has 0 spiro atoms. The second kappa shape index (κ2) is 6.32. The van der Waals surface area contributed by atoms with Gasteiger partial charge in [-0.05, 0) is 12.8 Å². The van der Waals surface area contributed by atoms with Crippen molar-refractivity contribution in [2.45, 2.75) is 30.7 Å². The van der Waals surface area contributed by atoms with Gasteiger partial charge in [-0.2, -0.15) is 18.4 Å². The van der Waals surface area contributed by atoms with Gasteiger partial charge in [0.1, 0.15) is 0 Å². The van der Waals surface area contributed by atoms with Crippen LogP contribution in [0.5, 0.6) is 0 Å². The zero-order valence-corrected chi connectivity index (χ0v) is 11.4. The molecule has 0 aliphatic heterocycles. The molecule has 20 heavy (non-hydrogen) atoms. The Balaban J connectivity index is 2.95. The molecular weight excluding hydrogens is 291 g/mol. The number of halogens is 3. The van der Waals surface area contributed by atoms with Crippen LogP contribution in [0, 0.1) is 35.5 Å². The Morgan fingerprint density at radius 3 is 2.60 bits per heavy atom. The van der Waals surface area contributed by atoms with E-state index in [1.807, 2.05) is 0 Å². The molecule has 7 heteroatoms. The lowest BCUT2D eigenvalue weighted by molar-refractivity contribution is -0.129. The van der Waals surface area contributed by atoms with Crippen LogP contribution in [-0.2, 0) is 9.84 Å². The highest BCUT2D eigenvalue weighted by atomic mass is 32.2. The first-order valence-corrected chi connectivity index (χ1v) is 7.73. The third-order valence-corrected chi connectivity index (χ3v) is 5.18. The molecule has 1 aliphatic carbocycles. The number of nitrogens with zero attached hydrogens (tertiary/aromatic N) is 1. The van der Waals surface area contributed by atoms with E-state index in [2.05, 4.69) is 5.92 Å². The summed E-state index contributed by atoms with van der Waals surface area (Å²) in [5.41, 5.74) is 0. The summed E-state index contributed by atoms with van der Waals surface area (Å²) in [6.45, 7) is 0. The summed E-state index contributed by atoms with van der Waals surface area (Å²) in [4.78, 5) is 0. The minimum absolute atomic E-state index is 0.440. The molecule has 0 fully saturated rings. The lowest BCUT2D eigenvalue weighted by Gasteiger charge is -2.27.